The molecule has 0 saturated carbocycles. The number of hydrogen-bond donors (Lipinski definition) is 0. The van der Waals surface area contributed by atoms with Gasteiger partial charge in [-0.1, -0.05) is 75.2 Å². The summed E-state index contributed by atoms with van der Waals surface area (Å²) in [6, 6.07) is 17.7. The van der Waals surface area contributed by atoms with Crippen LogP contribution in [0.2, 0.25) is 0 Å². The number of aryl methyl sites for hydroxylation is 1. The first-order valence-corrected chi connectivity index (χ1v) is 7.93. The molecule has 2 aromatic carbocycles. The summed E-state index contributed by atoms with van der Waals surface area (Å²) in [5, 5.41) is 3.92. The van der Waals surface area contributed by atoms with E-state index in [1.807, 2.05) is 67.6 Å². The first-order valence-electron chi connectivity index (χ1n) is 7.14. The molecule has 23 heavy (non-hydrogen) atoms. The van der Waals surface area contributed by atoms with Crippen LogP contribution >= 0.6 is 15.9 Å². The largest absolute Gasteiger partial charge is 0.368 e. The molecule has 4 heteroatoms. The van der Waals surface area contributed by atoms with Gasteiger partial charge >= 0.3 is 5.97 Å². The molecule has 3 rings (SSSR count). The standard InChI is InChI=1S/C19H14BrNO2/c1-13-6-5-9-15(10-13)18-17(19(22)23-21-18)12-16(20)11-14-7-3-2-4-8-14/h2-12H,1H3/b16-11-,17-12?. The van der Waals surface area contributed by atoms with Gasteiger partial charge in [-0.15, -0.1) is 0 Å². The summed E-state index contributed by atoms with van der Waals surface area (Å²) in [7, 11) is 0. The monoisotopic (exact) mass is 367 g/mol. The Morgan fingerprint density at radius 1 is 1.13 bits per heavy atom. The van der Waals surface area contributed by atoms with Crippen LogP contribution < -0.4 is 0 Å². The van der Waals surface area contributed by atoms with E-state index in [4.69, 9.17) is 4.84 Å². The Kier molecular flexibility index (Phi) is 4.53. The van der Waals surface area contributed by atoms with Gasteiger partial charge in [-0.25, -0.2) is 4.79 Å². The molecular weight excluding hydrogens is 354 g/mol. The molecule has 0 saturated heterocycles. The van der Waals surface area contributed by atoms with Crippen molar-refractivity contribution >= 4 is 33.7 Å². The van der Waals surface area contributed by atoms with Gasteiger partial charge in [0.05, 0.1) is 5.57 Å². The van der Waals surface area contributed by atoms with E-state index >= 15 is 0 Å². The lowest BCUT2D eigenvalue weighted by Crippen LogP contribution is -2.07. The Balaban J connectivity index is 1.95. The van der Waals surface area contributed by atoms with E-state index in [0.29, 0.717) is 11.3 Å². The predicted octanol–water partition coefficient (Wildman–Crippen LogP) is 4.62. The van der Waals surface area contributed by atoms with Crippen LogP contribution in [0.4, 0.5) is 0 Å². The van der Waals surface area contributed by atoms with Gasteiger partial charge < -0.3 is 4.84 Å². The molecule has 3 nitrogen and oxygen atoms in total. The lowest BCUT2D eigenvalue weighted by atomic mass is 10.0. The highest BCUT2D eigenvalue weighted by Crippen LogP contribution is 2.23. The second-order valence-corrected chi connectivity index (χ2v) is 6.10. The van der Waals surface area contributed by atoms with Gasteiger partial charge in [0.1, 0.15) is 5.71 Å². The molecule has 1 aliphatic rings. The van der Waals surface area contributed by atoms with E-state index < -0.39 is 5.97 Å². The number of carbonyl (C=O) groups excluding carboxylic acids is 1. The summed E-state index contributed by atoms with van der Waals surface area (Å²) in [6.07, 6.45) is 3.68. The van der Waals surface area contributed by atoms with E-state index in [9.17, 15) is 4.79 Å². The fraction of sp³-hybridized carbons (Fsp3) is 0.0526. The zero-order chi connectivity index (χ0) is 16.2. The van der Waals surface area contributed by atoms with Gasteiger partial charge in [0.15, 0.2) is 0 Å². The van der Waals surface area contributed by atoms with E-state index in [1.165, 1.54) is 0 Å². The maximum atomic E-state index is 12.0. The third-order valence-corrected chi connectivity index (χ3v) is 3.83. The SMILES string of the molecule is Cc1cccc(C2=NOC(=O)C2=C/C(Br)=C/c2ccccc2)c1. The van der Waals surface area contributed by atoms with Crippen molar-refractivity contribution in [2.75, 3.05) is 0 Å². The molecule has 0 N–H and O–H groups in total. The fourth-order valence-electron chi connectivity index (χ4n) is 2.30. The molecule has 0 spiro atoms. The predicted molar refractivity (Wildman–Crippen MR) is 95.2 cm³/mol. The third-order valence-electron chi connectivity index (χ3n) is 3.37. The molecule has 0 amide bonds. The molecule has 2 aromatic rings. The van der Waals surface area contributed by atoms with Gasteiger partial charge in [-0.05, 0) is 30.7 Å². The summed E-state index contributed by atoms with van der Waals surface area (Å²) in [5.74, 6) is -0.445. The molecule has 0 aliphatic carbocycles. The van der Waals surface area contributed by atoms with E-state index in [2.05, 4.69) is 21.1 Å². The summed E-state index contributed by atoms with van der Waals surface area (Å²) in [5.41, 5.74) is 3.99. The number of allylic oxidation sites excluding steroid dienone is 2. The van der Waals surface area contributed by atoms with Crippen molar-refractivity contribution in [1.82, 2.24) is 0 Å². The minimum atomic E-state index is -0.445. The minimum Gasteiger partial charge on any atom is -0.312 e. The average molecular weight is 368 g/mol. The molecule has 0 bridgehead atoms. The van der Waals surface area contributed by atoms with Crippen molar-refractivity contribution in [2.45, 2.75) is 6.92 Å². The van der Waals surface area contributed by atoms with E-state index in [0.717, 1.165) is 21.2 Å². The average Bonchev–Trinajstić information content (AvgIpc) is 2.89. The Hall–Kier alpha value is -2.46. The van der Waals surface area contributed by atoms with Gasteiger partial charge in [0.2, 0.25) is 0 Å². The van der Waals surface area contributed by atoms with E-state index in [-0.39, 0.29) is 0 Å². The maximum Gasteiger partial charge on any atom is 0.368 e. The van der Waals surface area contributed by atoms with Gasteiger partial charge in [0.25, 0.3) is 0 Å². The number of benzene rings is 2. The molecule has 0 radical (unpaired) electrons. The third kappa shape index (κ3) is 3.66. The lowest BCUT2D eigenvalue weighted by Gasteiger charge is -2.02. The first kappa shape index (κ1) is 15.4. The molecule has 0 unspecified atom stereocenters. The second-order valence-electron chi connectivity index (χ2n) is 5.19. The smallest absolute Gasteiger partial charge is 0.312 e. The molecule has 0 aromatic heterocycles. The maximum absolute atomic E-state index is 12.0. The molecule has 1 heterocycles. The van der Waals surface area contributed by atoms with Crippen molar-refractivity contribution in [3.8, 4) is 0 Å². The van der Waals surface area contributed by atoms with Crippen LogP contribution in [0.5, 0.6) is 0 Å². The zero-order valence-corrected chi connectivity index (χ0v) is 14.1. The molecule has 0 fully saturated rings. The van der Waals surface area contributed by atoms with E-state index in [1.54, 1.807) is 6.08 Å². The van der Waals surface area contributed by atoms with Crippen LogP contribution in [-0.4, -0.2) is 11.7 Å². The summed E-state index contributed by atoms with van der Waals surface area (Å²) in [4.78, 5) is 16.8. The normalized spacial score (nSPS) is 16.4. The molecule has 114 valence electrons. The Bertz CT molecular complexity index is 835. The number of carbonyl (C=O) groups is 1. The summed E-state index contributed by atoms with van der Waals surface area (Å²) >= 11 is 3.49. The van der Waals surface area contributed by atoms with Crippen molar-refractivity contribution < 1.29 is 9.63 Å². The Morgan fingerprint density at radius 3 is 2.65 bits per heavy atom. The topological polar surface area (TPSA) is 38.7 Å². The number of rotatable bonds is 3. The van der Waals surface area contributed by atoms with Gasteiger partial charge in [0, 0.05) is 10.0 Å². The van der Waals surface area contributed by atoms with Crippen LogP contribution in [0.25, 0.3) is 6.08 Å². The number of nitrogens with zero attached hydrogens (tertiary/aromatic N) is 1. The highest BCUT2D eigenvalue weighted by Gasteiger charge is 2.26. The Morgan fingerprint density at radius 2 is 1.91 bits per heavy atom. The quantitative estimate of drug-likeness (QED) is 0.586. The highest BCUT2D eigenvalue weighted by atomic mass is 79.9. The van der Waals surface area contributed by atoms with Crippen LogP contribution in [0.15, 0.2) is 75.9 Å². The van der Waals surface area contributed by atoms with Crippen molar-refractivity contribution in [1.29, 1.82) is 0 Å². The van der Waals surface area contributed by atoms with Crippen molar-refractivity contribution in [3.63, 3.8) is 0 Å². The molecule has 0 atom stereocenters. The van der Waals surface area contributed by atoms with Crippen LogP contribution in [0.1, 0.15) is 16.7 Å². The van der Waals surface area contributed by atoms with Crippen molar-refractivity contribution in [2.24, 2.45) is 5.16 Å². The number of oxime groups is 1. The van der Waals surface area contributed by atoms with Gasteiger partial charge in [-0.2, -0.15) is 0 Å². The van der Waals surface area contributed by atoms with Crippen LogP contribution in [0, 0.1) is 6.92 Å². The summed E-state index contributed by atoms with van der Waals surface area (Å²) in [6.45, 7) is 2.00. The first-order chi connectivity index (χ1) is 11.1. The van der Waals surface area contributed by atoms with Gasteiger partial charge in [-0.3, -0.25) is 0 Å². The second kappa shape index (κ2) is 6.75. The molecular formula is C19H14BrNO2. The van der Waals surface area contributed by atoms with Crippen LogP contribution in [0.3, 0.4) is 0 Å². The highest BCUT2D eigenvalue weighted by molar-refractivity contribution is 9.12. The summed E-state index contributed by atoms with van der Waals surface area (Å²) < 4.78 is 0.776. The Labute approximate surface area is 143 Å². The molecule has 1 aliphatic heterocycles. The lowest BCUT2D eigenvalue weighted by molar-refractivity contribution is -0.136. The number of hydrogen-bond acceptors (Lipinski definition) is 3. The zero-order valence-electron chi connectivity index (χ0n) is 12.5. The van der Waals surface area contributed by atoms with Crippen molar-refractivity contribution in [3.05, 3.63) is 87.4 Å². The fourth-order valence-corrected chi connectivity index (χ4v) is 2.79. The van der Waals surface area contributed by atoms with Crippen LogP contribution in [-0.2, 0) is 9.63 Å². The number of halogens is 1. The minimum absolute atomic E-state index is 0.439.